The van der Waals surface area contributed by atoms with Crippen molar-refractivity contribution in [2.24, 2.45) is 0 Å². The lowest BCUT2D eigenvalue weighted by atomic mass is 9.97. The summed E-state index contributed by atoms with van der Waals surface area (Å²) in [6, 6.07) is 2.44. The summed E-state index contributed by atoms with van der Waals surface area (Å²) in [6.07, 6.45) is 9.88. The fourth-order valence-corrected chi connectivity index (χ4v) is 3.84. The van der Waals surface area contributed by atoms with Crippen LogP contribution in [0.25, 0.3) is 0 Å². The minimum Gasteiger partial charge on any atom is -0.377 e. The summed E-state index contributed by atoms with van der Waals surface area (Å²) < 4.78 is 5.79. The minimum atomic E-state index is 0.487. The van der Waals surface area contributed by atoms with E-state index in [1.165, 1.54) is 44.9 Å². The van der Waals surface area contributed by atoms with Crippen molar-refractivity contribution in [3.8, 4) is 0 Å². The lowest BCUT2D eigenvalue weighted by Crippen LogP contribution is -2.49. The second-order valence-corrected chi connectivity index (χ2v) is 6.12. The van der Waals surface area contributed by atoms with E-state index in [0.29, 0.717) is 6.10 Å². The van der Waals surface area contributed by atoms with Crippen molar-refractivity contribution >= 4 is 0 Å². The van der Waals surface area contributed by atoms with Gasteiger partial charge in [0, 0.05) is 31.3 Å². The Morgan fingerprint density at radius 3 is 2.53 bits per heavy atom. The Bertz CT molecular complexity index is 239. The number of nitrogens with one attached hydrogen (secondary N) is 1. The molecule has 0 saturated carbocycles. The molecule has 3 rings (SSSR count). The Balaban J connectivity index is 1.44. The summed E-state index contributed by atoms with van der Waals surface area (Å²) in [5, 5.41) is 3.76. The topological polar surface area (TPSA) is 24.5 Å². The first-order chi connectivity index (χ1) is 8.33. The van der Waals surface area contributed by atoms with Crippen LogP contribution in [-0.2, 0) is 4.74 Å². The van der Waals surface area contributed by atoms with Gasteiger partial charge in [0.1, 0.15) is 0 Å². The molecule has 3 heteroatoms. The van der Waals surface area contributed by atoms with Crippen molar-refractivity contribution in [1.82, 2.24) is 10.2 Å². The van der Waals surface area contributed by atoms with Crippen LogP contribution in [-0.4, -0.2) is 49.3 Å². The fourth-order valence-electron chi connectivity index (χ4n) is 3.84. The molecule has 0 amide bonds. The molecule has 0 aromatic carbocycles. The highest BCUT2D eigenvalue weighted by molar-refractivity contribution is 4.96. The van der Waals surface area contributed by atoms with Crippen molar-refractivity contribution in [1.29, 1.82) is 0 Å². The Morgan fingerprint density at radius 1 is 1.12 bits per heavy atom. The number of rotatable bonds is 3. The summed E-state index contributed by atoms with van der Waals surface area (Å²) in [5.41, 5.74) is 0. The molecule has 3 fully saturated rings. The molecule has 17 heavy (non-hydrogen) atoms. The van der Waals surface area contributed by atoms with Crippen LogP contribution in [0.3, 0.4) is 0 Å². The van der Waals surface area contributed by atoms with Gasteiger partial charge in [0.05, 0.1) is 6.10 Å². The molecule has 0 aliphatic carbocycles. The van der Waals surface area contributed by atoms with Gasteiger partial charge in [-0.25, -0.2) is 0 Å². The summed E-state index contributed by atoms with van der Waals surface area (Å²) in [4.78, 5) is 2.61. The molecule has 0 aromatic rings. The molecule has 0 spiro atoms. The third-order valence-electron chi connectivity index (χ3n) is 5.01. The highest BCUT2D eigenvalue weighted by Crippen LogP contribution is 2.34. The van der Waals surface area contributed by atoms with Gasteiger partial charge in [-0.3, -0.25) is 0 Å². The molecular formula is C14H26N2O. The predicted molar refractivity (Wildman–Crippen MR) is 69.2 cm³/mol. The summed E-state index contributed by atoms with van der Waals surface area (Å²) in [7, 11) is 2.31. The molecular weight excluding hydrogens is 212 g/mol. The first-order valence-electron chi connectivity index (χ1n) is 7.40. The van der Waals surface area contributed by atoms with Gasteiger partial charge in [-0.15, -0.1) is 0 Å². The maximum absolute atomic E-state index is 5.79. The fraction of sp³-hybridized carbons (Fsp3) is 1.00. The van der Waals surface area contributed by atoms with Gasteiger partial charge < -0.3 is 15.0 Å². The van der Waals surface area contributed by atoms with Crippen molar-refractivity contribution in [3.63, 3.8) is 0 Å². The highest BCUT2D eigenvalue weighted by atomic mass is 16.5. The van der Waals surface area contributed by atoms with E-state index in [4.69, 9.17) is 4.74 Å². The zero-order valence-corrected chi connectivity index (χ0v) is 11.0. The van der Waals surface area contributed by atoms with Crippen LogP contribution in [0.5, 0.6) is 0 Å². The Kier molecular flexibility index (Phi) is 3.69. The smallest absolute Gasteiger partial charge is 0.0699 e. The largest absolute Gasteiger partial charge is 0.377 e. The van der Waals surface area contributed by atoms with Crippen LogP contribution in [0.15, 0.2) is 0 Å². The Labute approximate surface area is 105 Å². The first-order valence-corrected chi connectivity index (χ1v) is 7.40. The van der Waals surface area contributed by atoms with Crippen LogP contribution in [0, 0.1) is 0 Å². The number of hydrogen-bond acceptors (Lipinski definition) is 3. The summed E-state index contributed by atoms with van der Waals surface area (Å²) >= 11 is 0. The molecule has 3 heterocycles. The van der Waals surface area contributed by atoms with Gasteiger partial charge in [-0.2, -0.15) is 0 Å². The third kappa shape index (κ3) is 2.67. The van der Waals surface area contributed by atoms with Crippen LogP contribution in [0.2, 0.25) is 0 Å². The van der Waals surface area contributed by atoms with E-state index in [2.05, 4.69) is 17.3 Å². The van der Waals surface area contributed by atoms with Crippen molar-refractivity contribution in [3.05, 3.63) is 0 Å². The quantitative estimate of drug-likeness (QED) is 0.811. The standard InChI is InChI=1S/C14H26N2O/c1-16-12-5-6-13(16)9-11(8-12)15-10-14-4-2-3-7-17-14/h11-15H,2-10H2,1H3. The SMILES string of the molecule is CN1C2CCC1CC(NCC1CCCCO1)C2. The molecule has 3 atom stereocenters. The normalized spacial score (nSPS) is 42.9. The Hall–Kier alpha value is -0.120. The number of hydrogen-bond donors (Lipinski definition) is 1. The van der Waals surface area contributed by atoms with Crippen LogP contribution in [0.1, 0.15) is 44.9 Å². The van der Waals surface area contributed by atoms with Gasteiger partial charge in [-0.1, -0.05) is 0 Å². The maximum Gasteiger partial charge on any atom is 0.0699 e. The van der Waals surface area contributed by atoms with E-state index in [1.54, 1.807) is 0 Å². The van der Waals surface area contributed by atoms with Crippen molar-refractivity contribution in [2.45, 2.75) is 69.2 Å². The third-order valence-corrected chi connectivity index (χ3v) is 5.01. The van der Waals surface area contributed by atoms with Crippen molar-refractivity contribution in [2.75, 3.05) is 20.2 Å². The molecule has 3 aliphatic heterocycles. The lowest BCUT2D eigenvalue weighted by Gasteiger charge is -2.37. The monoisotopic (exact) mass is 238 g/mol. The molecule has 2 bridgehead atoms. The number of piperidine rings is 1. The van der Waals surface area contributed by atoms with E-state index in [0.717, 1.165) is 31.3 Å². The van der Waals surface area contributed by atoms with Gasteiger partial charge in [0.25, 0.3) is 0 Å². The van der Waals surface area contributed by atoms with Gasteiger partial charge in [-0.05, 0) is 52.0 Å². The average Bonchev–Trinajstić information content (AvgIpc) is 2.61. The van der Waals surface area contributed by atoms with E-state index in [9.17, 15) is 0 Å². The summed E-state index contributed by atoms with van der Waals surface area (Å²) in [5.74, 6) is 0. The second kappa shape index (κ2) is 5.25. The van der Waals surface area contributed by atoms with Gasteiger partial charge >= 0.3 is 0 Å². The van der Waals surface area contributed by atoms with E-state index in [1.807, 2.05) is 0 Å². The van der Waals surface area contributed by atoms with Crippen LogP contribution in [0.4, 0.5) is 0 Å². The lowest BCUT2D eigenvalue weighted by molar-refractivity contribution is 0.0129. The van der Waals surface area contributed by atoms with Crippen LogP contribution >= 0.6 is 0 Å². The van der Waals surface area contributed by atoms with Gasteiger partial charge in [0.2, 0.25) is 0 Å². The molecule has 3 saturated heterocycles. The number of ether oxygens (including phenoxy) is 1. The number of nitrogens with zero attached hydrogens (tertiary/aromatic N) is 1. The zero-order chi connectivity index (χ0) is 11.7. The highest BCUT2D eigenvalue weighted by Gasteiger charge is 2.38. The number of fused-ring (bicyclic) bond motifs is 2. The molecule has 0 aromatic heterocycles. The average molecular weight is 238 g/mol. The van der Waals surface area contributed by atoms with E-state index >= 15 is 0 Å². The molecule has 98 valence electrons. The predicted octanol–water partition coefficient (Wildman–Crippen LogP) is 1.77. The molecule has 3 unspecified atom stereocenters. The summed E-state index contributed by atoms with van der Waals surface area (Å²) in [6.45, 7) is 2.05. The second-order valence-electron chi connectivity index (χ2n) is 6.12. The minimum absolute atomic E-state index is 0.487. The molecule has 3 aliphatic rings. The van der Waals surface area contributed by atoms with Crippen molar-refractivity contribution < 1.29 is 4.74 Å². The molecule has 0 radical (unpaired) electrons. The van der Waals surface area contributed by atoms with E-state index in [-0.39, 0.29) is 0 Å². The van der Waals surface area contributed by atoms with Crippen LogP contribution < -0.4 is 5.32 Å². The molecule has 1 N–H and O–H groups in total. The van der Waals surface area contributed by atoms with Gasteiger partial charge in [0.15, 0.2) is 0 Å². The Morgan fingerprint density at radius 2 is 1.88 bits per heavy atom. The first kappa shape index (κ1) is 11.9. The van der Waals surface area contributed by atoms with E-state index < -0.39 is 0 Å². The molecule has 3 nitrogen and oxygen atoms in total. The maximum atomic E-state index is 5.79. The zero-order valence-electron chi connectivity index (χ0n) is 11.0.